The first-order chi connectivity index (χ1) is 18.8. The van der Waals surface area contributed by atoms with Crippen LogP contribution in [0.5, 0.6) is 23.0 Å². The van der Waals surface area contributed by atoms with E-state index < -0.39 is 5.60 Å². The number of carbonyl (C=O) groups excluding carboxylic acids is 1. The van der Waals surface area contributed by atoms with Crippen molar-refractivity contribution in [2.75, 3.05) is 34.4 Å². The van der Waals surface area contributed by atoms with E-state index >= 15 is 0 Å². The van der Waals surface area contributed by atoms with Gasteiger partial charge < -0.3 is 28.8 Å². The molecular formula is C29H36N4O6. The van der Waals surface area contributed by atoms with Gasteiger partial charge in [0.1, 0.15) is 17.1 Å². The lowest BCUT2D eigenvalue weighted by molar-refractivity contribution is -0.128. The van der Waals surface area contributed by atoms with Crippen molar-refractivity contribution in [3.8, 4) is 34.4 Å². The van der Waals surface area contributed by atoms with Crippen LogP contribution in [0.25, 0.3) is 11.4 Å². The van der Waals surface area contributed by atoms with Crippen molar-refractivity contribution in [2.45, 2.75) is 51.3 Å². The summed E-state index contributed by atoms with van der Waals surface area (Å²) in [6.45, 7) is 6.05. The molecule has 3 heterocycles. The van der Waals surface area contributed by atoms with E-state index in [9.17, 15) is 4.79 Å². The second-order valence-corrected chi connectivity index (χ2v) is 10.7. The maximum absolute atomic E-state index is 13.4. The number of piperidine rings is 1. The molecule has 10 heteroatoms. The zero-order valence-electron chi connectivity index (χ0n) is 23.2. The predicted octanol–water partition coefficient (Wildman–Crippen LogP) is 4.39. The Hall–Kier alpha value is -3.79. The molecule has 39 heavy (non-hydrogen) atoms. The molecule has 0 aliphatic carbocycles. The van der Waals surface area contributed by atoms with Gasteiger partial charge in [-0.3, -0.25) is 9.69 Å². The molecule has 1 N–H and O–H groups in total. The smallest absolute Gasteiger partial charge is 0.241 e. The van der Waals surface area contributed by atoms with Crippen molar-refractivity contribution in [3.63, 3.8) is 0 Å². The predicted molar refractivity (Wildman–Crippen MR) is 144 cm³/mol. The summed E-state index contributed by atoms with van der Waals surface area (Å²) in [5.41, 5.74) is 1.35. The van der Waals surface area contributed by atoms with Crippen LogP contribution in [0, 0.1) is 5.92 Å². The summed E-state index contributed by atoms with van der Waals surface area (Å²) in [5, 5.41) is 7.46. The van der Waals surface area contributed by atoms with Gasteiger partial charge in [0.15, 0.2) is 11.5 Å². The average molecular weight is 537 g/mol. The Kier molecular flexibility index (Phi) is 7.65. The molecule has 5 rings (SSSR count). The van der Waals surface area contributed by atoms with Crippen molar-refractivity contribution in [1.29, 1.82) is 0 Å². The minimum Gasteiger partial charge on any atom is -0.497 e. The van der Waals surface area contributed by atoms with Gasteiger partial charge in [-0.2, -0.15) is 4.98 Å². The first kappa shape index (κ1) is 26.8. The van der Waals surface area contributed by atoms with Crippen LogP contribution in [0.3, 0.4) is 0 Å². The number of amides is 1. The molecule has 208 valence electrons. The van der Waals surface area contributed by atoms with Gasteiger partial charge in [0.2, 0.25) is 17.6 Å². The van der Waals surface area contributed by atoms with Crippen molar-refractivity contribution in [3.05, 3.63) is 47.9 Å². The van der Waals surface area contributed by atoms with Crippen LogP contribution in [-0.4, -0.2) is 61.0 Å². The zero-order valence-corrected chi connectivity index (χ0v) is 23.2. The highest BCUT2D eigenvalue weighted by atomic mass is 16.5. The summed E-state index contributed by atoms with van der Waals surface area (Å²) in [4.78, 5) is 20.2. The summed E-state index contributed by atoms with van der Waals surface area (Å²) >= 11 is 0. The summed E-state index contributed by atoms with van der Waals surface area (Å²) in [7, 11) is 4.82. The molecule has 1 fully saturated rings. The number of ether oxygens (including phenoxy) is 4. The van der Waals surface area contributed by atoms with Gasteiger partial charge >= 0.3 is 0 Å². The van der Waals surface area contributed by atoms with E-state index in [-0.39, 0.29) is 17.9 Å². The van der Waals surface area contributed by atoms with E-state index in [2.05, 4.69) is 20.4 Å². The summed E-state index contributed by atoms with van der Waals surface area (Å²) in [6, 6.07) is 11.1. The summed E-state index contributed by atoms with van der Waals surface area (Å²) in [5.74, 6) is 3.64. The third kappa shape index (κ3) is 5.95. The SMILES string of the molecule is COc1ccc2c(c1)OC(C)(C)CC2NC(=O)C1CCCN(Cc2nc(-c3ccc(OC)c(OC)c3)no2)C1. The van der Waals surface area contributed by atoms with Gasteiger partial charge in [-0.25, -0.2) is 0 Å². The van der Waals surface area contributed by atoms with Crippen LogP contribution in [0.2, 0.25) is 0 Å². The van der Waals surface area contributed by atoms with E-state index in [0.29, 0.717) is 42.7 Å². The molecule has 0 radical (unpaired) electrons. The Bertz CT molecular complexity index is 1320. The number of nitrogens with one attached hydrogen (secondary N) is 1. The lowest BCUT2D eigenvalue weighted by atomic mass is 9.88. The van der Waals surface area contributed by atoms with E-state index in [0.717, 1.165) is 42.0 Å². The monoisotopic (exact) mass is 536 g/mol. The molecule has 1 saturated heterocycles. The number of benzene rings is 2. The number of aromatic nitrogens is 2. The van der Waals surface area contributed by atoms with Crippen LogP contribution in [-0.2, 0) is 11.3 Å². The van der Waals surface area contributed by atoms with Crippen LogP contribution in [0.1, 0.15) is 50.6 Å². The highest BCUT2D eigenvalue weighted by Gasteiger charge is 2.36. The van der Waals surface area contributed by atoms with Gasteiger partial charge in [-0.1, -0.05) is 5.16 Å². The Labute approximate surface area is 228 Å². The van der Waals surface area contributed by atoms with Crippen molar-refractivity contribution in [2.24, 2.45) is 5.92 Å². The molecule has 2 aromatic carbocycles. The summed E-state index contributed by atoms with van der Waals surface area (Å²) < 4.78 is 27.8. The second-order valence-electron chi connectivity index (χ2n) is 10.7. The van der Waals surface area contributed by atoms with Crippen LogP contribution in [0.15, 0.2) is 40.9 Å². The molecule has 0 bridgehead atoms. The van der Waals surface area contributed by atoms with E-state index in [1.54, 1.807) is 21.3 Å². The number of likely N-dealkylation sites (tertiary alicyclic amines) is 1. The average Bonchev–Trinajstić information content (AvgIpc) is 3.40. The number of methoxy groups -OCH3 is 3. The highest BCUT2D eigenvalue weighted by molar-refractivity contribution is 5.79. The Morgan fingerprint density at radius 3 is 2.69 bits per heavy atom. The molecule has 2 aliphatic rings. The minimum atomic E-state index is -0.403. The van der Waals surface area contributed by atoms with Crippen molar-refractivity contribution < 1.29 is 28.3 Å². The number of carbonyl (C=O) groups is 1. The molecule has 0 saturated carbocycles. The third-order valence-electron chi connectivity index (χ3n) is 7.34. The first-order valence-corrected chi connectivity index (χ1v) is 13.2. The largest absolute Gasteiger partial charge is 0.497 e. The van der Waals surface area contributed by atoms with Gasteiger partial charge in [-0.05, 0) is 63.6 Å². The number of rotatable bonds is 8. The first-order valence-electron chi connectivity index (χ1n) is 13.2. The fourth-order valence-corrected chi connectivity index (χ4v) is 5.39. The fraction of sp³-hybridized carbons (Fsp3) is 0.483. The normalized spacial score (nSPS) is 20.4. The van der Waals surface area contributed by atoms with Gasteiger partial charge in [0, 0.05) is 30.2 Å². The third-order valence-corrected chi connectivity index (χ3v) is 7.34. The van der Waals surface area contributed by atoms with Crippen LogP contribution < -0.4 is 24.3 Å². The summed E-state index contributed by atoms with van der Waals surface area (Å²) in [6.07, 6.45) is 2.45. The highest BCUT2D eigenvalue weighted by Crippen LogP contribution is 2.41. The number of fused-ring (bicyclic) bond motifs is 1. The second kappa shape index (κ2) is 11.1. The Morgan fingerprint density at radius 1 is 1.10 bits per heavy atom. The van der Waals surface area contributed by atoms with Crippen molar-refractivity contribution >= 4 is 5.91 Å². The fourth-order valence-electron chi connectivity index (χ4n) is 5.39. The van der Waals surface area contributed by atoms with Gasteiger partial charge in [-0.15, -0.1) is 0 Å². The minimum absolute atomic E-state index is 0.0562. The number of hydrogen-bond donors (Lipinski definition) is 1. The molecule has 1 amide bonds. The molecule has 10 nitrogen and oxygen atoms in total. The van der Waals surface area contributed by atoms with Crippen molar-refractivity contribution in [1.82, 2.24) is 20.4 Å². The van der Waals surface area contributed by atoms with E-state index in [1.807, 2.05) is 50.2 Å². The lowest BCUT2D eigenvalue weighted by Gasteiger charge is -2.39. The van der Waals surface area contributed by atoms with Gasteiger partial charge in [0.05, 0.1) is 39.8 Å². The molecule has 2 aliphatic heterocycles. The van der Waals surface area contributed by atoms with Crippen LogP contribution >= 0.6 is 0 Å². The Balaban J connectivity index is 1.23. The van der Waals surface area contributed by atoms with E-state index in [1.165, 1.54) is 0 Å². The molecule has 3 aromatic rings. The maximum Gasteiger partial charge on any atom is 0.241 e. The maximum atomic E-state index is 13.4. The molecule has 2 atom stereocenters. The standard InChI is InChI=1S/C29H36N4O6/c1-29(2)15-22(21-10-9-20(35-3)14-24(21)38-29)30-28(34)19-7-6-12-33(16-19)17-26-31-27(32-39-26)18-8-11-23(36-4)25(13-18)37-5/h8-11,13-14,19,22H,6-7,12,15-17H2,1-5H3,(H,30,34). The topological polar surface area (TPSA) is 108 Å². The molecule has 1 aromatic heterocycles. The lowest BCUT2D eigenvalue weighted by Crippen LogP contribution is -2.46. The molecule has 0 spiro atoms. The van der Waals surface area contributed by atoms with E-state index in [4.69, 9.17) is 23.5 Å². The zero-order chi connectivity index (χ0) is 27.6. The molecule has 2 unspecified atom stereocenters. The molecular weight excluding hydrogens is 500 g/mol. The van der Waals surface area contributed by atoms with Gasteiger partial charge in [0.25, 0.3) is 0 Å². The number of nitrogens with zero attached hydrogens (tertiary/aromatic N) is 3. The number of hydrogen-bond acceptors (Lipinski definition) is 9. The Morgan fingerprint density at radius 2 is 1.92 bits per heavy atom. The quantitative estimate of drug-likeness (QED) is 0.448. The van der Waals surface area contributed by atoms with Crippen LogP contribution in [0.4, 0.5) is 0 Å².